The molecule has 1 amide bonds. The molecule has 0 saturated carbocycles. The molecule has 0 aliphatic carbocycles. The lowest BCUT2D eigenvalue weighted by Crippen LogP contribution is -2.22. The Morgan fingerprint density at radius 1 is 1.04 bits per heavy atom. The van der Waals surface area contributed by atoms with Crippen LogP contribution in [0.15, 0.2) is 71.3 Å². The van der Waals surface area contributed by atoms with Crippen molar-refractivity contribution in [1.82, 2.24) is 5.32 Å². The minimum absolute atomic E-state index is 0.232. The number of rotatable bonds is 5. The van der Waals surface area contributed by atoms with Gasteiger partial charge in [0.25, 0.3) is 5.91 Å². The smallest absolute Gasteiger partial charge is 0.287 e. The summed E-state index contributed by atoms with van der Waals surface area (Å²) in [6.45, 7) is 0.428. The Morgan fingerprint density at radius 3 is 2.48 bits per heavy atom. The third kappa shape index (κ3) is 3.43. The number of benzene rings is 2. The second-order valence-corrected chi connectivity index (χ2v) is 5.06. The minimum Gasteiger partial charge on any atom is -0.497 e. The minimum atomic E-state index is -0.232. The number of nitrogens with one attached hydrogen (secondary N) is 1. The van der Waals surface area contributed by atoms with E-state index in [4.69, 9.17) is 9.15 Å². The van der Waals surface area contributed by atoms with Crippen molar-refractivity contribution in [3.05, 3.63) is 78.3 Å². The van der Waals surface area contributed by atoms with Crippen LogP contribution in [0.25, 0.3) is 11.1 Å². The fourth-order valence-corrected chi connectivity index (χ4v) is 2.34. The average molecular weight is 307 g/mol. The maximum absolute atomic E-state index is 12.4. The van der Waals surface area contributed by atoms with Gasteiger partial charge in [-0.05, 0) is 29.3 Å². The highest BCUT2D eigenvalue weighted by molar-refractivity contribution is 5.98. The molecule has 23 heavy (non-hydrogen) atoms. The Labute approximate surface area is 134 Å². The van der Waals surface area contributed by atoms with E-state index in [1.807, 2.05) is 54.6 Å². The van der Waals surface area contributed by atoms with Crippen molar-refractivity contribution in [2.75, 3.05) is 7.11 Å². The van der Waals surface area contributed by atoms with Crippen molar-refractivity contribution in [1.29, 1.82) is 0 Å². The molecular weight excluding hydrogens is 290 g/mol. The Morgan fingerprint density at radius 2 is 1.78 bits per heavy atom. The van der Waals surface area contributed by atoms with Crippen molar-refractivity contribution in [3.63, 3.8) is 0 Å². The summed E-state index contributed by atoms with van der Waals surface area (Å²) in [5, 5.41) is 2.88. The molecule has 116 valence electrons. The maximum atomic E-state index is 12.4. The number of furan rings is 1. The van der Waals surface area contributed by atoms with E-state index in [0.717, 1.165) is 22.4 Å². The van der Waals surface area contributed by atoms with Crippen LogP contribution >= 0.6 is 0 Å². The average Bonchev–Trinajstić information content (AvgIpc) is 3.11. The van der Waals surface area contributed by atoms with Crippen LogP contribution in [0.2, 0.25) is 0 Å². The Kier molecular flexibility index (Phi) is 4.43. The molecule has 0 atom stereocenters. The zero-order chi connectivity index (χ0) is 16.1. The molecule has 3 aromatic rings. The molecular formula is C19H17NO3. The molecule has 4 heteroatoms. The van der Waals surface area contributed by atoms with Crippen LogP contribution < -0.4 is 10.1 Å². The highest BCUT2D eigenvalue weighted by atomic mass is 16.5. The number of hydrogen-bond donors (Lipinski definition) is 1. The molecule has 1 N–H and O–H groups in total. The Hall–Kier alpha value is -3.01. The molecule has 1 heterocycles. The van der Waals surface area contributed by atoms with E-state index in [-0.39, 0.29) is 5.91 Å². The first-order valence-electron chi connectivity index (χ1n) is 7.32. The van der Waals surface area contributed by atoms with Gasteiger partial charge in [-0.2, -0.15) is 0 Å². The van der Waals surface area contributed by atoms with Gasteiger partial charge in [0, 0.05) is 12.1 Å². The summed E-state index contributed by atoms with van der Waals surface area (Å²) >= 11 is 0. The molecule has 0 radical (unpaired) electrons. The molecule has 0 bridgehead atoms. The van der Waals surface area contributed by atoms with Gasteiger partial charge in [-0.1, -0.05) is 42.5 Å². The largest absolute Gasteiger partial charge is 0.497 e. The van der Waals surface area contributed by atoms with Crippen LogP contribution in [0.1, 0.15) is 16.1 Å². The van der Waals surface area contributed by atoms with Crippen LogP contribution in [0.5, 0.6) is 5.75 Å². The van der Waals surface area contributed by atoms with Gasteiger partial charge in [0.2, 0.25) is 0 Å². The van der Waals surface area contributed by atoms with Crippen molar-refractivity contribution in [2.45, 2.75) is 6.54 Å². The van der Waals surface area contributed by atoms with Crippen molar-refractivity contribution in [2.24, 2.45) is 0 Å². The molecule has 0 saturated heterocycles. The quantitative estimate of drug-likeness (QED) is 0.778. The standard InChI is InChI=1S/C19H17NO3/c1-22-16-9-7-14(8-10-16)13-20-19(21)18-17(11-12-23-18)15-5-3-2-4-6-15/h2-12H,13H2,1H3,(H,20,21). The second kappa shape index (κ2) is 6.83. The summed E-state index contributed by atoms with van der Waals surface area (Å²) in [5.74, 6) is 0.881. The first-order valence-corrected chi connectivity index (χ1v) is 7.32. The fourth-order valence-electron chi connectivity index (χ4n) is 2.34. The Bertz CT molecular complexity index is 776. The number of carbonyl (C=O) groups is 1. The van der Waals surface area contributed by atoms with E-state index in [1.165, 1.54) is 6.26 Å². The van der Waals surface area contributed by atoms with Gasteiger partial charge < -0.3 is 14.5 Å². The lowest BCUT2D eigenvalue weighted by Gasteiger charge is -2.06. The highest BCUT2D eigenvalue weighted by Gasteiger charge is 2.16. The van der Waals surface area contributed by atoms with Crippen LogP contribution in [-0.2, 0) is 6.54 Å². The number of methoxy groups -OCH3 is 1. The SMILES string of the molecule is COc1ccc(CNC(=O)c2occc2-c2ccccc2)cc1. The molecule has 3 rings (SSSR count). The molecule has 4 nitrogen and oxygen atoms in total. The van der Waals surface area contributed by atoms with Crippen LogP contribution in [0.4, 0.5) is 0 Å². The maximum Gasteiger partial charge on any atom is 0.287 e. The first kappa shape index (κ1) is 14.9. The van der Waals surface area contributed by atoms with Gasteiger partial charge in [-0.3, -0.25) is 4.79 Å². The van der Waals surface area contributed by atoms with Crippen LogP contribution in [0, 0.1) is 0 Å². The number of carbonyl (C=O) groups excluding carboxylic acids is 1. The van der Waals surface area contributed by atoms with Crippen molar-refractivity contribution >= 4 is 5.91 Å². The van der Waals surface area contributed by atoms with Gasteiger partial charge in [-0.25, -0.2) is 0 Å². The summed E-state index contributed by atoms with van der Waals surface area (Å²) in [5.41, 5.74) is 2.74. The van der Waals surface area contributed by atoms with Gasteiger partial charge in [0.15, 0.2) is 5.76 Å². The van der Waals surface area contributed by atoms with Crippen molar-refractivity contribution in [3.8, 4) is 16.9 Å². The van der Waals surface area contributed by atoms with Gasteiger partial charge >= 0.3 is 0 Å². The zero-order valence-corrected chi connectivity index (χ0v) is 12.8. The van der Waals surface area contributed by atoms with E-state index in [2.05, 4.69) is 5.32 Å². The fraction of sp³-hybridized carbons (Fsp3) is 0.105. The number of amides is 1. The number of ether oxygens (including phenoxy) is 1. The summed E-state index contributed by atoms with van der Waals surface area (Å²) < 4.78 is 10.5. The molecule has 0 fully saturated rings. The van der Waals surface area contributed by atoms with Crippen molar-refractivity contribution < 1.29 is 13.9 Å². The predicted molar refractivity (Wildman–Crippen MR) is 88.3 cm³/mol. The molecule has 0 aliphatic rings. The predicted octanol–water partition coefficient (Wildman–Crippen LogP) is 3.89. The monoisotopic (exact) mass is 307 g/mol. The van der Waals surface area contributed by atoms with Gasteiger partial charge in [0.05, 0.1) is 13.4 Å². The third-order valence-corrected chi connectivity index (χ3v) is 3.57. The zero-order valence-electron chi connectivity index (χ0n) is 12.8. The third-order valence-electron chi connectivity index (χ3n) is 3.57. The first-order chi connectivity index (χ1) is 11.3. The number of hydrogen-bond acceptors (Lipinski definition) is 3. The molecule has 2 aromatic carbocycles. The summed E-state index contributed by atoms with van der Waals surface area (Å²) in [4.78, 5) is 12.4. The normalized spacial score (nSPS) is 10.3. The van der Waals surface area contributed by atoms with E-state index in [9.17, 15) is 4.79 Å². The summed E-state index contributed by atoms with van der Waals surface area (Å²) in [6, 6.07) is 19.1. The van der Waals surface area contributed by atoms with E-state index < -0.39 is 0 Å². The topological polar surface area (TPSA) is 51.5 Å². The second-order valence-electron chi connectivity index (χ2n) is 5.06. The summed E-state index contributed by atoms with van der Waals surface area (Å²) in [7, 11) is 1.62. The molecule has 1 aromatic heterocycles. The van der Waals surface area contributed by atoms with E-state index >= 15 is 0 Å². The van der Waals surface area contributed by atoms with E-state index in [1.54, 1.807) is 13.2 Å². The lowest BCUT2D eigenvalue weighted by atomic mass is 10.1. The summed E-state index contributed by atoms with van der Waals surface area (Å²) in [6.07, 6.45) is 1.53. The molecule has 0 aliphatic heterocycles. The van der Waals surface area contributed by atoms with Gasteiger partial charge in [-0.15, -0.1) is 0 Å². The lowest BCUT2D eigenvalue weighted by molar-refractivity contribution is 0.0924. The molecule has 0 spiro atoms. The molecule has 0 unspecified atom stereocenters. The Balaban J connectivity index is 1.70. The van der Waals surface area contributed by atoms with Gasteiger partial charge in [0.1, 0.15) is 5.75 Å². The van der Waals surface area contributed by atoms with Crippen LogP contribution in [-0.4, -0.2) is 13.0 Å². The van der Waals surface area contributed by atoms with Crippen LogP contribution in [0.3, 0.4) is 0 Å². The van der Waals surface area contributed by atoms with E-state index in [0.29, 0.717) is 12.3 Å². The highest BCUT2D eigenvalue weighted by Crippen LogP contribution is 2.24.